The lowest BCUT2D eigenvalue weighted by Crippen LogP contribution is -2.45. The second-order valence-corrected chi connectivity index (χ2v) is 6.27. The van der Waals surface area contributed by atoms with Crippen LogP contribution in [0.1, 0.15) is 17.2 Å². The highest BCUT2D eigenvalue weighted by Crippen LogP contribution is 2.36. The number of ether oxygens (including phenoxy) is 1. The highest BCUT2D eigenvalue weighted by atomic mass is 35.5. The first-order chi connectivity index (χ1) is 13.2. The molecular weight excluding hydrogens is 453 g/mol. The third-order valence-corrected chi connectivity index (χ3v) is 4.43. The number of nitro groups is 1. The van der Waals surface area contributed by atoms with Gasteiger partial charge in [0.25, 0.3) is 5.69 Å². The summed E-state index contributed by atoms with van der Waals surface area (Å²) < 4.78 is 54.9. The van der Waals surface area contributed by atoms with Gasteiger partial charge in [0.05, 0.1) is 16.5 Å². The molecule has 0 amide bonds. The fourth-order valence-corrected chi connectivity index (χ4v) is 3.29. The summed E-state index contributed by atoms with van der Waals surface area (Å²) in [6.45, 7) is 2.35. The van der Waals surface area contributed by atoms with Crippen LogP contribution in [0.5, 0.6) is 5.75 Å². The predicted molar refractivity (Wildman–Crippen MR) is 107 cm³/mol. The first kappa shape index (κ1) is 25.9. The predicted octanol–water partition coefficient (Wildman–Crippen LogP) is 4.47. The van der Waals surface area contributed by atoms with Gasteiger partial charge in [0, 0.05) is 32.2 Å². The van der Waals surface area contributed by atoms with E-state index in [2.05, 4.69) is 10.1 Å². The summed E-state index contributed by atoms with van der Waals surface area (Å²) in [5.41, 5.74) is 0.405. The largest absolute Gasteiger partial charge is 0.573 e. The van der Waals surface area contributed by atoms with Gasteiger partial charge in [-0.15, -0.1) is 38.0 Å². The van der Waals surface area contributed by atoms with Gasteiger partial charge in [0.15, 0.2) is 0 Å². The SMILES string of the molecule is Cl.Cl.O=[N+]([O-])c1ccc(F)cc1[C@@H](c1ccc(OC(F)(F)F)cc1)N1CCNCC1. The minimum atomic E-state index is -4.82. The molecule has 30 heavy (non-hydrogen) atoms. The molecule has 0 saturated carbocycles. The number of piperazine rings is 1. The summed E-state index contributed by atoms with van der Waals surface area (Å²) in [5, 5.41) is 14.6. The van der Waals surface area contributed by atoms with Crippen molar-refractivity contribution in [2.24, 2.45) is 0 Å². The molecule has 1 aliphatic rings. The topological polar surface area (TPSA) is 67.6 Å². The molecule has 1 aliphatic heterocycles. The van der Waals surface area contributed by atoms with E-state index in [0.717, 1.165) is 30.3 Å². The monoisotopic (exact) mass is 471 g/mol. The Balaban J connectivity index is 0.00000225. The first-order valence-corrected chi connectivity index (χ1v) is 8.49. The van der Waals surface area contributed by atoms with Gasteiger partial charge in [-0.25, -0.2) is 4.39 Å². The van der Waals surface area contributed by atoms with Crippen molar-refractivity contribution in [1.82, 2.24) is 10.2 Å². The van der Waals surface area contributed by atoms with Gasteiger partial charge in [-0.3, -0.25) is 15.0 Å². The standard InChI is InChI=1S/C18H17F4N3O3.2ClH/c19-13-3-6-16(25(26)27)15(11-13)17(24-9-7-23-8-10-24)12-1-4-14(5-2-12)28-18(20,21)22;;/h1-6,11,17,23H,7-10H2;2*1H/t17-;;/m1../s1. The summed E-state index contributed by atoms with van der Waals surface area (Å²) in [7, 11) is 0. The second kappa shape index (κ2) is 10.8. The second-order valence-electron chi connectivity index (χ2n) is 6.27. The van der Waals surface area contributed by atoms with Crippen LogP contribution in [0.25, 0.3) is 0 Å². The molecular formula is C18H19Cl2F4N3O3. The Bertz CT molecular complexity index is 848. The average Bonchev–Trinajstić information content (AvgIpc) is 2.63. The molecule has 1 fully saturated rings. The molecule has 6 nitrogen and oxygen atoms in total. The van der Waals surface area contributed by atoms with Gasteiger partial charge in [-0.05, 0) is 29.8 Å². The van der Waals surface area contributed by atoms with E-state index in [4.69, 9.17) is 0 Å². The molecule has 0 aromatic heterocycles. The van der Waals surface area contributed by atoms with E-state index in [0.29, 0.717) is 31.7 Å². The van der Waals surface area contributed by atoms with Crippen molar-refractivity contribution in [3.63, 3.8) is 0 Å². The summed E-state index contributed by atoms with van der Waals surface area (Å²) in [6, 6.07) is 7.62. The number of alkyl halides is 3. The number of rotatable bonds is 5. The van der Waals surface area contributed by atoms with E-state index in [1.807, 2.05) is 4.90 Å². The van der Waals surface area contributed by atoms with E-state index in [-0.39, 0.29) is 36.1 Å². The van der Waals surface area contributed by atoms with Crippen LogP contribution in [-0.2, 0) is 0 Å². The lowest BCUT2D eigenvalue weighted by molar-refractivity contribution is -0.386. The van der Waals surface area contributed by atoms with Crippen molar-refractivity contribution in [1.29, 1.82) is 0 Å². The Hall–Kier alpha value is -2.14. The Morgan fingerprint density at radius 1 is 1.07 bits per heavy atom. The lowest BCUT2D eigenvalue weighted by atomic mass is 9.94. The number of nitrogens with one attached hydrogen (secondary N) is 1. The fourth-order valence-electron chi connectivity index (χ4n) is 3.29. The highest BCUT2D eigenvalue weighted by molar-refractivity contribution is 5.85. The lowest BCUT2D eigenvalue weighted by Gasteiger charge is -2.35. The van der Waals surface area contributed by atoms with Gasteiger partial charge in [0.2, 0.25) is 0 Å². The van der Waals surface area contributed by atoms with E-state index in [9.17, 15) is 27.7 Å². The third-order valence-electron chi connectivity index (χ3n) is 4.43. The number of benzene rings is 2. The van der Waals surface area contributed by atoms with Crippen LogP contribution in [0.4, 0.5) is 23.2 Å². The summed E-state index contributed by atoms with van der Waals surface area (Å²) in [4.78, 5) is 12.8. The zero-order valence-electron chi connectivity index (χ0n) is 15.4. The van der Waals surface area contributed by atoms with E-state index in [1.165, 1.54) is 12.1 Å². The number of hydrogen-bond acceptors (Lipinski definition) is 5. The molecule has 0 spiro atoms. The molecule has 166 valence electrons. The van der Waals surface area contributed by atoms with Crippen LogP contribution in [0.2, 0.25) is 0 Å². The van der Waals surface area contributed by atoms with Crippen LogP contribution in [0.15, 0.2) is 42.5 Å². The van der Waals surface area contributed by atoms with E-state index < -0.39 is 28.9 Å². The normalized spacial score (nSPS) is 15.5. The van der Waals surface area contributed by atoms with Crippen LogP contribution < -0.4 is 10.1 Å². The average molecular weight is 472 g/mol. The number of nitro benzene ring substituents is 1. The molecule has 12 heteroatoms. The van der Waals surface area contributed by atoms with Crippen molar-refractivity contribution < 1.29 is 27.2 Å². The van der Waals surface area contributed by atoms with Gasteiger partial charge in [-0.2, -0.15) is 0 Å². The molecule has 0 unspecified atom stereocenters. The molecule has 1 atom stereocenters. The minimum absolute atomic E-state index is 0. The Morgan fingerprint density at radius 2 is 1.67 bits per heavy atom. The quantitative estimate of drug-likeness (QED) is 0.395. The molecule has 1 heterocycles. The van der Waals surface area contributed by atoms with Crippen molar-refractivity contribution in [2.45, 2.75) is 12.4 Å². The highest BCUT2D eigenvalue weighted by Gasteiger charge is 2.32. The molecule has 0 aliphatic carbocycles. The summed E-state index contributed by atoms with van der Waals surface area (Å²) >= 11 is 0. The maximum Gasteiger partial charge on any atom is 0.573 e. The van der Waals surface area contributed by atoms with Crippen LogP contribution in [-0.4, -0.2) is 42.4 Å². The number of halogens is 6. The molecule has 0 radical (unpaired) electrons. The van der Waals surface area contributed by atoms with E-state index in [1.54, 1.807) is 0 Å². The molecule has 2 aromatic rings. The molecule has 2 aromatic carbocycles. The first-order valence-electron chi connectivity index (χ1n) is 8.49. The van der Waals surface area contributed by atoms with Crippen LogP contribution >= 0.6 is 24.8 Å². The van der Waals surface area contributed by atoms with Crippen molar-refractivity contribution in [2.75, 3.05) is 26.2 Å². The maximum atomic E-state index is 13.9. The van der Waals surface area contributed by atoms with E-state index >= 15 is 0 Å². The fraction of sp³-hybridized carbons (Fsp3) is 0.333. The summed E-state index contributed by atoms with van der Waals surface area (Å²) in [6.07, 6.45) is -4.82. The molecule has 1 N–H and O–H groups in total. The zero-order chi connectivity index (χ0) is 20.3. The number of nitrogens with zero attached hydrogens (tertiary/aromatic N) is 2. The van der Waals surface area contributed by atoms with Crippen molar-refractivity contribution >= 4 is 30.5 Å². The van der Waals surface area contributed by atoms with Gasteiger partial charge in [0.1, 0.15) is 11.6 Å². The van der Waals surface area contributed by atoms with Gasteiger partial charge >= 0.3 is 6.36 Å². The van der Waals surface area contributed by atoms with Gasteiger partial charge < -0.3 is 10.1 Å². The number of hydrogen-bond donors (Lipinski definition) is 1. The Labute approximate surface area is 182 Å². The Morgan fingerprint density at radius 3 is 2.20 bits per heavy atom. The Kier molecular flexibility index (Phi) is 9.29. The van der Waals surface area contributed by atoms with Crippen molar-refractivity contribution in [3.8, 4) is 5.75 Å². The third kappa shape index (κ3) is 6.43. The van der Waals surface area contributed by atoms with Crippen LogP contribution in [0.3, 0.4) is 0 Å². The van der Waals surface area contributed by atoms with Gasteiger partial charge in [-0.1, -0.05) is 12.1 Å². The smallest absolute Gasteiger partial charge is 0.406 e. The molecule has 0 bridgehead atoms. The van der Waals surface area contributed by atoms with Crippen LogP contribution in [0, 0.1) is 15.9 Å². The minimum Gasteiger partial charge on any atom is -0.406 e. The zero-order valence-corrected chi connectivity index (χ0v) is 17.0. The molecule has 3 rings (SSSR count). The summed E-state index contributed by atoms with van der Waals surface area (Å²) in [5.74, 6) is -1.03. The molecule has 1 saturated heterocycles. The van der Waals surface area contributed by atoms with Crippen molar-refractivity contribution in [3.05, 3.63) is 69.5 Å². The maximum absolute atomic E-state index is 13.9.